The second kappa shape index (κ2) is 12.6. The lowest BCUT2D eigenvalue weighted by Crippen LogP contribution is -2.58. The van der Waals surface area contributed by atoms with Crippen molar-refractivity contribution in [3.63, 3.8) is 0 Å². The number of carboxylic acids is 1. The van der Waals surface area contributed by atoms with Crippen LogP contribution >= 0.6 is 0 Å². The molecule has 1 fully saturated rings. The van der Waals surface area contributed by atoms with Crippen molar-refractivity contribution < 1.29 is 19.5 Å². The van der Waals surface area contributed by atoms with Gasteiger partial charge in [-0.2, -0.15) is 0 Å². The lowest BCUT2D eigenvalue weighted by molar-refractivity contribution is -0.135. The van der Waals surface area contributed by atoms with Crippen LogP contribution in [0.25, 0.3) is 0 Å². The van der Waals surface area contributed by atoms with Crippen LogP contribution in [0.5, 0.6) is 0 Å². The van der Waals surface area contributed by atoms with Gasteiger partial charge in [0.15, 0.2) is 0 Å². The van der Waals surface area contributed by atoms with E-state index in [9.17, 15) is 14.4 Å². The van der Waals surface area contributed by atoms with Crippen LogP contribution in [0.4, 0.5) is 0 Å². The smallest absolute Gasteiger partial charge is 0.331 e. The van der Waals surface area contributed by atoms with E-state index in [1.54, 1.807) is 0 Å². The van der Waals surface area contributed by atoms with Gasteiger partial charge in [0.2, 0.25) is 11.8 Å². The van der Waals surface area contributed by atoms with E-state index >= 15 is 0 Å². The van der Waals surface area contributed by atoms with Crippen molar-refractivity contribution in [2.75, 3.05) is 20.1 Å². The molecule has 1 saturated heterocycles. The molecule has 0 spiro atoms. The van der Waals surface area contributed by atoms with Gasteiger partial charge in [0, 0.05) is 12.1 Å². The highest BCUT2D eigenvalue weighted by Crippen LogP contribution is 2.23. The van der Waals surface area contributed by atoms with Gasteiger partial charge in [-0.05, 0) is 44.7 Å². The van der Waals surface area contributed by atoms with Crippen molar-refractivity contribution in [2.45, 2.75) is 79.8 Å². The maximum atomic E-state index is 12.8. The van der Waals surface area contributed by atoms with Gasteiger partial charge in [0.1, 0.15) is 6.04 Å². The van der Waals surface area contributed by atoms with E-state index in [-0.39, 0.29) is 30.0 Å². The van der Waals surface area contributed by atoms with Crippen molar-refractivity contribution in [1.29, 1.82) is 0 Å². The van der Waals surface area contributed by atoms with Crippen LogP contribution in [-0.2, 0) is 14.4 Å². The number of hydrogen-bond donors (Lipinski definition) is 3. The van der Waals surface area contributed by atoms with E-state index in [0.29, 0.717) is 5.92 Å². The summed E-state index contributed by atoms with van der Waals surface area (Å²) in [4.78, 5) is 38.2. The van der Waals surface area contributed by atoms with E-state index in [1.807, 2.05) is 32.7 Å². The summed E-state index contributed by atoms with van der Waals surface area (Å²) >= 11 is 0. The molecule has 29 heavy (non-hydrogen) atoms. The first kappa shape index (κ1) is 27.1. The number of nitrogens with zero attached hydrogens (tertiary/aromatic N) is 1. The molecule has 0 aliphatic carbocycles. The number of carboxylic acid groups (broad SMARTS) is 1. The van der Waals surface area contributed by atoms with Crippen molar-refractivity contribution in [1.82, 2.24) is 15.5 Å². The minimum Gasteiger partial charge on any atom is -0.478 e. The molecule has 3 N–H and O–H groups in total. The molecule has 0 bridgehead atoms. The lowest BCUT2D eigenvalue weighted by atomic mass is 9.85. The predicted octanol–water partition coefficient (Wildman–Crippen LogP) is 2.81. The zero-order valence-electron chi connectivity index (χ0n) is 19.5. The van der Waals surface area contributed by atoms with E-state index in [2.05, 4.69) is 31.4 Å². The second-order valence-corrected chi connectivity index (χ2v) is 9.08. The zero-order valence-corrected chi connectivity index (χ0v) is 19.5. The standard InChI is InChI=1S/C19H33N3O4.C3H8/c1-12-8-10-22(6)14(11-12)16(23)21-15(19(3,4)5)17(24)20-9-7-13(2)18(25)26;1-3-2/h7,12,14-15H,8-11H2,1-6H3,(H,20,24)(H,21,23)(H,25,26);3H2,1-2H3/b13-7+;. The summed E-state index contributed by atoms with van der Waals surface area (Å²) in [6.07, 6.45) is 4.54. The van der Waals surface area contributed by atoms with E-state index in [0.717, 1.165) is 19.4 Å². The molecule has 3 atom stereocenters. The van der Waals surface area contributed by atoms with Gasteiger partial charge < -0.3 is 15.7 Å². The minimum atomic E-state index is -1.02. The molecule has 1 rings (SSSR count). The number of nitrogens with one attached hydrogen (secondary N) is 2. The molecule has 0 aromatic carbocycles. The maximum Gasteiger partial charge on any atom is 0.331 e. The van der Waals surface area contributed by atoms with E-state index in [1.165, 1.54) is 19.4 Å². The Kier molecular flexibility index (Phi) is 11.8. The number of likely N-dealkylation sites (N-methyl/N-ethyl adjacent to an activating group) is 1. The zero-order chi connectivity index (χ0) is 22.8. The minimum absolute atomic E-state index is 0.111. The molecular weight excluding hydrogens is 370 g/mol. The highest BCUT2D eigenvalue weighted by atomic mass is 16.4. The number of amides is 2. The van der Waals surface area contributed by atoms with Crippen molar-refractivity contribution in [3.8, 4) is 0 Å². The van der Waals surface area contributed by atoms with Crippen LogP contribution in [0, 0.1) is 11.3 Å². The molecular formula is C22H41N3O4. The summed E-state index contributed by atoms with van der Waals surface area (Å²) in [5, 5.41) is 14.5. The van der Waals surface area contributed by atoms with Gasteiger partial charge in [-0.25, -0.2) is 4.79 Å². The molecule has 2 amide bonds. The second-order valence-electron chi connectivity index (χ2n) is 9.08. The third kappa shape index (κ3) is 9.92. The quantitative estimate of drug-likeness (QED) is 0.584. The molecule has 7 heteroatoms. The maximum absolute atomic E-state index is 12.8. The molecule has 1 aliphatic rings. The van der Waals surface area contributed by atoms with E-state index < -0.39 is 17.4 Å². The normalized spacial score (nSPS) is 21.4. The van der Waals surface area contributed by atoms with Crippen molar-refractivity contribution in [2.24, 2.45) is 11.3 Å². The number of aliphatic carboxylic acids is 1. The van der Waals surface area contributed by atoms with Crippen molar-refractivity contribution in [3.05, 3.63) is 11.6 Å². The summed E-state index contributed by atoms with van der Waals surface area (Å²) in [6.45, 7) is 14.5. The lowest BCUT2D eigenvalue weighted by Gasteiger charge is -2.37. The highest BCUT2D eigenvalue weighted by Gasteiger charge is 2.36. The van der Waals surface area contributed by atoms with Gasteiger partial charge in [-0.1, -0.05) is 54.0 Å². The summed E-state index contributed by atoms with van der Waals surface area (Å²) in [7, 11) is 1.93. The molecule has 0 aromatic rings. The number of rotatable bonds is 6. The highest BCUT2D eigenvalue weighted by molar-refractivity contribution is 5.90. The molecule has 1 aliphatic heterocycles. The fourth-order valence-electron chi connectivity index (χ4n) is 2.97. The van der Waals surface area contributed by atoms with E-state index in [4.69, 9.17) is 5.11 Å². The number of hydrogen-bond acceptors (Lipinski definition) is 4. The fourth-order valence-corrected chi connectivity index (χ4v) is 2.97. The average molecular weight is 412 g/mol. The topological polar surface area (TPSA) is 98.7 Å². The van der Waals surface area contributed by atoms with Crippen LogP contribution in [-0.4, -0.2) is 60.0 Å². The Labute approximate surface area is 176 Å². The summed E-state index contributed by atoms with van der Waals surface area (Å²) in [6, 6.07) is -0.926. The van der Waals surface area contributed by atoms with Crippen LogP contribution in [0.3, 0.4) is 0 Å². The number of carbonyl (C=O) groups excluding carboxylic acids is 2. The Hall–Kier alpha value is -1.89. The first-order chi connectivity index (χ1) is 13.3. The van der Waals surface area contributed by atoms with Gasteiger partial charge in [-0.15, -0.1) is 0 Å². The largest absolute Gasteiger partial charge is 0.478 e. The average Bonchev–Trinajstić information content (AvgIpc) is 2.60. The number of piperidine rings is 1. The fraction of sp³-hybridized carbons (Fsp3) is 0.773. The molecule has 0 saturated carbocycles. The third-order valence-electron chi connectivity index (χ3n) is 4.87. The molecule has 1 heterocycles. The first-order valence-corrected chi connectivity index (χ1v) is 10.5. The Bertz CT molecular complexity index is 581. The summed E-state index contributed by atoms with van der Waals surface area (Å²) < 4.78 is 0. The number of carbonyl (C=O) groups is 3. The van der Waals surface area contributed by atoms with Gasteiger partial charge in [0.25, 0.3) is 0 Å². The first-order valence-electron chi connectivity index (χ1n) is 10.5. The van der Waals surface area contributed by atoms with Crippen LogP contribution < -0.4 is 10.6 Å². The SMILES string of the molecule is C/C(=C\CNC(=O)C(NC(=O)C1CC(C)CCN1C)C(C)(C)C)C(=O)O.CCC. The van der Waals surface area contributed by atoms with Crippen LogP contribution in [0.15, 0.2) is 11.6 Å². The number of likely N-dealkylation sites (tertiary alicyclic amines) is 1. The molecule has 7 nitrogen and oxygen atoms in total. The molecule has 0 aromatic heterocycles. The summed E-state index contributed by atoms with van der Waals surface area (Å²) in [5.41, 5.74) is -0.302. The Morgan fingerprint density at radius 3 is 2.28 bits per heavy atom. The van der Waals surface area contributed by atoms with Crippen LogP contribution in [0.2, 0.25) is 0 Å². The van der Waals surface area contributed by atoms with Crippen molar-refractivity contribution >= 4 is 17.8 Å². The molecule has 168 valence electrons. The van der Waals surface area contributed by atoms with Crippen LogP contribution in [0.1, 0.15) is 67.7 Å². The Morgan fingerprint density at radius 1 is 1.24 bits per heavy atom. The molecule has 3 unspecified atom stereocenters. The Balaban J connectivity index is 0.00000245. The van der Waals surface area contributed by atoms with Gasteiger partial charge in [-0.3, -0.25) is 14.5 Å². The Morgan fingerprint density at radius 2 is 1.79 bits per heavy atom. The predicted molar refractivity (Wildman–Crippen MR) is 117 cm³/mol. The third-order valence-corrected chi connectivity index (χ3v) is 4.87. The summed E-state index contributed by atoms with van der Waals surface area (Å²) in [5.74, 6) is -0.986. The monoisotopic (exact) mass is 411 g/mol. The molecule has 0 radical (unpaired) electrons. The van der Waals surface area contributed by atoms with Gasteiger partial charge >= 0.3 is 5.97 Å². The van der Waals surface area contributed by atoms with Gasteiger partial charge in [0.05, 0.1) is 6.04 Å².